The molecule has 1 heterocycles. The van der Waals surface area contributed by atoms with E-state index in [2.05, 4.69) is 10.2 Å². The van der Waals surface area contributed by atoms with Gasteiger partial charge in [0.25, 0.3) is 5.91 Å². The van der Waals surface area contributed by atoms with Crippen LogP contribution in [-0.2, 0) is 10.0 Å². The molecule has 0 spiro atoms. The van der Waals surface area contributed by atoms with E-state index in [1.807, 2.05) is 27.8 Å². The fourth-order valence-corrected chi connectivity index (χ4v) is 4.12. The Morgan fingerprint density at radius 3 is 2.32 bits per heavy atom. The first-order chi connectivity index (χ1) is 11.6. The molecule has 1 aliphatic heterocycles. The van der Waals surface area contributed by atoms with Gasteiger partial charge in [-0.15, -0.1) is 0 Å². The third-order valence-corrected chi connectivity index (χ3v) is 6.87. The van der Waals surface area contributed by atoms with E-state index in [9.17, 15) is 13.2 Å². The number of carbonyl (C=O) groups excluding carboxylic acids is 1. The van der Waals surface area contributed by atoms with Gasteiger partial charge in [-0.2, -0.15) is 4.31 Å². The Bertz CT molecular complexity index is 729. The van der Waals surface area contributed by atoms with Crippen molar-refractivity contribution in [3.8, 4) is 0 Å². The van der Waals surface area contributed by atoms with Gasteiger partial charge < -0.3 is 10.2 Å². The number of rotatable bonds is 5. The summed E-state index contributed by atoms with van der Waals surface area (Å²) in [4.78, 5) is 14.7. The molecule has 2 rings (SSSR count). The number of halogens is 1. The zero-order chi connectivity index (χ0) is 18.8. The molecular formula is C17H26ClN3O3S. The Balaban J connectivity index is 2.27. The van der Waals surface area contributed by atoms with E-state index < -0.39 is 10.0 Å². The summed E-state index contributed by atoms with van der Waals surface area (Å²) in [5, 5.41) is 3.10. The molecule has 0 saturated carbocycles. The largest absolute Gasteiger partial charge is 0.349 e. The van der Waals surface area contributed by atoms with Crippen LogP contribution < -0.4 is 5.32 Å². The van der Waals surface area contributed by atoms with Gasteiger partial charge in [0.1, 0.15) is 0 Å². The lowest BCUT2D eigenvalue weighted by Crippen LogP contribution is -2.47. The van der Waals surface area contributed by atoms with E-state index in [0.29, 0.717) is 26.2 Å². The molecular weight excluding hydrogens is 362 g/mol. The van der Waals surface area contributed by atoms with Gasteiger partial charge in [0.05, 0.1) is 15.5 Å². The summed E-state index contributed by atoms with van der Waals surface area (Å²) < 4.78 is 27.1. The topological polar surface area (TPSA) is 69.7 Å². The van der Waals surface area contributed by atoms with Crippen molar-refractivity contribution in [1.82, 2.24) is 14.5 Å². The van der Waals surface area contributed by atoms with Gasteiger partial charge in [0, 0.05) is 32.2 Å². The quantitative estimate of drug-likeness (QED) is 0.839. The van der Waals surface area contributed by atoms with E-state index in [-0.39, 0.29) is 33.3 Å². The lowest BCUT2D eigenvalue weighted by Gasteiger charge is -2.31. The predicted octanol–water partition coefficient (Wildman–Crippen LogP) is 2.05. The minimum Gasteiger partial charge on any atom is -0.349 e. The molecule has 0 unspecified atom stereocenters. The van der Waals surface area contributed by atoms with Crippen molar-refractivity contribution >= 4 is 27.5 Å². The van der Waals surface area contributed by atoms with Gasteiger partial charge in [-0.1, -0.05) is 25.4 Å². The van der Waals surface area contributed by atoms with Crippen LogP contribution >= 0.6 is 11.6 Å². The van der Waals surface area contributed by atoms with Gasteiger partial charge in [-0.3, -0.25) is 4.79 Å². The number of sulfonamides is 1. The van der Waals surface area contributed by atoms with Crippen LogP contribution in [-0.4, -0.2) is 62.8 Å². The second-order valence-electron chi connectivity index (χ2n) is 6.86. The Morgan fingerprint density at radius 1 is 1.16 bits per heavy atom. The van der Waals surface area contributed by atoms with Crippen LogP contribution in [0.5, 0.6) is 0 Å². The van der Waals surface area contributed by atoms with Gasteiger partial charge in [0.2, 0.25) is 10.0 Å². The zero-order valence-corrected chi connectivity index (χ0v) is 16.7. The van der Waals surface area contributed by atoms with Crippen molar-refractivity contribution in [2.45, 2.75) is 31.7 Å². The normalized spacial score (nSPS) is 18.3. The average molecular weight is 388 g/mol. The van der Waals surface area contributed by atoms with Crippen molar-refractivity contribution in [3.63, 3.8) is 0 Å². The minimum atomic E-state index is -3.64. The summed E-state index contributed by atoms with van der Waals surface area (Å²) in [5.74, 6) is -0.0957. The molecule has 1 N–H and O–H groups in total. The van der Waals surface area contributed by atoms with Crippen LogP contribution in [0.4, 0.5) is 0 Å². The fraction of sp³-hybridized carbons (Fsp3) is 0.588. The first-order valence-electron chi connectivity index (χ1n) is 8.42. The summed E-state index contributed by atoms with van der Waals surface area (Å²) in [6.45, 7) is 8.15. The molecule has 1 saturated heterocycles. The highest BCUT2D eigenvalue weighted by atomic mass is 35.5. The molecule has 1 fully saturated rings. The molecule has 140 valence electrons. The molecule has 0 aromatic heterocycles. The minimum absolute atomic E-state index is 0.0403. The standard InChI is InChI=1S/C17H26ClN3O3S/c1-12(2)13(3)19-17(22)15-11-14(5-6-16(15)18)25(23,24)21-9-7-20(4)8-10-21/h5-6,11-13H,7-10H2,1-4H3,(H,19,22)/t13-/m0/s1. The summed E-state index contributed by atoms with van der Waals surface area (Å²) >= 11 is 6.13. The maximum atomic E-state index is 12.8. The van der Waals surface area contributed by atoms with Crippen LogP contribution in [0.1, 0.15) is 31.1 Å². The van der Waals surface area contributed by atoms with E-state index in [1.165, 1.54) is 22.5 Å². The molecule has 1 amide bonds. The number of nitrogens with zero attached hydrogens (tertiary/aromatic N) is 2. The Kier molecular flexibility index (Phi) is 6.48. The van der Waals surface area contributed by atoms with Crippen molar-refractivity contribution in [2.24, 2.45) is 5.92 Å². The number of carbonyl (C=O) groups is 1. The Labute approximate surface area is 155 Å². The maximum absolute atomic E-state index is 12.8. The van der Waals surface area contributed by atoms with Gasteiger partial charge in [-0.25, -0.2) is 8.42 Å². The molecule has 1 aromatic rings. The van der Waals surface area contributed by atoms with Gasteiger partial charge in [0.15, 0.2) is 0 Å². The average Bonchev–Trinajstić information content (AvgIpc) is 2.55. The van der Waals surface area contributed by atoms with Gasteiger partial charge in [-0.05, 0) is 38.1 Å². The Morgan fingerprint density at radius 2 is 1.76 bits per heavy atom. The highest BCUT2D eigenvalue weighted by Gasteiger charge is 2.28. The summed E-state index contributed by atoms with van der Waals surface area (Å²) in [5.41, 5.74) is 0.185. The van der Waals surface area contributed by atoms with Crippen LogP contribution in [0.25, 0.3) is 0 Å². The number of hydrogen-bond acceptors (Lipinski definition) is 4. The molecule has 0 bridgehead atoms. The summed E-state index contributed by atoms with van der Waals surface area (Å²) in [7, 11) is -1.67. The molecule has 0 aliphatic carbocycles. The molecule has 8 heteroatoms. The van der Waals surface area contributed by atoms with Crippen LogP contribution in [0.15, 0.2) is 23.1 Å². The number of nitrogens with one attached hydrogen (secondary N) is 1. The zero-order valence-electron chi connectivity index (χ0n) is 15.1. The molecule has 25 heavy (non-hydrogen) atoms. The van der Waals surface area contributed by atoms with Crippen molar-refractivity contribution in [3.05, 3.63) is 28.8 Å². The number of piperazine rings is 1. The van der Waals surface area contributed by atoms with Crippen molar-refractivity contribution in [2.75, 3.05) is 33.2 Å². The molecule has 6 nitrogen and oxygen atoms in total. The monoisotopic (exact) mass is 387 g/mol. The second kappa shape index (κ2) is 8.03. The van der Waals surface area contributed by atoms with E-state index >= 15 is 0 Å². The number of hydrogen-bond donors (Lipinski definition) is 1. The lowest BCUT2D eigenvalue weighted by molar-refractivity contribution is 0.0930. The van der Waals surface area contributed by atoms with E-state index in [1.54, 1.807) is 0 Å². The predicted molar refractivity (Wildman–Crippen MR) is 99.5 cm³/mol. The Hall–Kier alpha value is -1.15. The van der Waals surface area contributed by atoms with Crippen LogP contribution in [0, 0.1) is 5.92 Å². The smallest absolute Gasteiger partial charge is 0.253 e. The molecule has 1 aliphatic rings. The first-order valence-corrected chi connectivity index (χ1v) is 10.2. The molecule has 1 atom stereocenters. The van der Waals surface area contributed by atoms with Crippen LogP contribution in [0.2, 0.25) is 5.02 Å². The van der Waals surface area contributed by atoms with Crippen molar-refractivity contribution < 1.29 is 13.2 Å². The number of benzene rings is 1. The maximum Gasteiger partial charge on any atom is 0.253 e. The lowest BCUT2D eigenvalue weighted by atomic mass is 10.1. The van der Waals surface area contributed by atoms with Crippen molar-refractivity contribution in [1.29, 1.82) is 0 Å². The van der Waals surface area contributed by atoms with E-state index in [4.69, 9.17) is 11.6 Å². The highest BCUT2D eigenvalue weighted by Crippen LogP contribution is 2.24. The SMILES string of the molecule is CC(C)[C@H](C)NC(=O)c1cc(S(=O)(=O)N2CCN(C)CC2)ccc1Cl. The number of likely N-dealkylation sites (N-methyl/N-ethyl adjacent to an activating group) is 1. The van der Waals surface area contributed by atoms with E-state index in [0.717, 1.165) is 0 Å². The first kappa shape index (κ1) is 20.2. The number of amides is 1. The summed E-state index contributed by atoms with van der Waals surface area (Å²) in [6.07, 6.45) is 0. The fourth-order valence-electron chi connectivity index (χ4n) is 2.47. The third kappa shape index (κ3) is 4.73. The highest BCUT2D eigenvalue weighted by molar-refractivity contribution is 7.89. The van der Waals surface area contributed by atoms with Crippen LogP contribution in [0.3, 0.4) is 0 Å². The molecule has 0 radical (unpaired) electrons. The third-order valence-electron chi connectivity index (χ3n) is 4.64. The molecule has 1 aromatic carbocycles. The summed E-state index contributed by atoms with van der Waals surface area (Å²) in [6, 6.07) is 4.26. The van der Waals surface area contributed by atoms with Gasteiger partial charge >= 0.3 is 0 Å². The second-order valence-corrected chi connectivity index (χ2v) is 9.20.